The minimum Gasteiger partial charge on any atom is -0.317 e. The summed E-state index contributed by atoms with van der Waals surface area (Å²) in [5.41, 5.74) is 2.52. The highest BCUT2D eigenvalue weighted by molar-refractivity contribution is 5.81. The summed E-state index contributed by atoms with van der Waals surface area (Å²) in [6.45, 7) is 2.24. The van der Waals surface area contributed by atoms with E-state index in [0.29, 0.717) is 6.04 Å². The largest absolute Gasteiger partial charge is 0.317 e. The van der Waals surface area contributed by atoms with Crippen LogP contribution >= 0.6 is 0 Å². The maximum atomic E-state index is 4.41. The minimum atomic E-state index is 0.627. The molecule has 0 aliphatic rings. The summed E-state index contributed by atoms with van der Waals surface area (Å²) in [5, 5.41) is 4.70. The van der Waals surface area contributed by atoms with Gasteiger partial charge in [-0.3, -0.25) is 4.98 Å². The van der Waals surface area contributed by atoms with Gasteiger partial charge < -0.3 is 5.32 Å². The number of aromatic nitrogens is 1. The van der Waals surface area contributed by atoms with E-state index >= 15 is 0 Å². The van der Waals surface area contributed by atoms with E-state index in [1.807, 2.05) is 12.3 Å². The van der Waals surface area contributed by atoms with Gasteiger partial charge in [0.2, 0.25) is 0 Å². The molecule has 0 saturated heterocycles. The minimum absolute atomic E-state index is 0.627. The molecule has 1 heterocycles. The second-order valence-electron chi connectivity index (χ2n) is 4.80. The van der Waals surface area contributed by atoms with Gasteiger partial charge >= 0.3 is 0 Å². The Balaban J connectivity index is 2.11. The predicted octanol–water partition coefficient (Wildman–Crippen LogP) is 3.56. The van der Waals surface area contributed by atoms with E-state index in [9.17, 15) is 0 Å². The number of rotatable bonds is 6. The van der Waals surface area contributed by atoms with E-state index in [-0.39, 0.29) is 0 Å². The second-order valence-corrected chi connectivity index (χ2v) is 4.80. The zero-order valence-electron chi connectivity index (χ0n) is 11.3. The van der Waals surface area contributed by atoms with Crippen LogP contribution in [0.15, 0.2) is 36.5 Å². The zero-order valence-corrected chi connectivity index (χ0v) is 11.3. The molecule has 1 aromatic heterocycles. The van der Waals surface area contributed by atoms with Crippen LogP contribution in [0.3, 0.4) is 0 Å². The fraction of sp³-hybridized carbons (Fsp3) is 0.438. The molecule has 0 saturated carbocycles. The Morgan fingerprint density at radius 3 is 2.83 bits per heavy atom. The molecule has 0 radical (unpaired) electrons. The lowest BCUT2D eigenvalue weighted by atomic mass is 9.99. The van der Waals surface area contributed by atoms with Crippen LogP contribution in [0, 0.1) is 0 Å². The van der Waals surface area contributed by atoms with Crippen LogP contribution in [0.4, 0.5) is 0 Å². The number of nitrogens with zero attached hydrogens (tertiary/aromatic N) is 1. The van der Waals surface area contributed by atoms with Gasteiger partial charge in [0.15, 0.2) is 0 Å². The van der Waals surface area contributed by atoms with Crippen molar-refractivity contribution in [2.75, 3.05) is 7.05 Å². The Bertz CT molecular complexity index is 488. The predicted molar refractivity (Wildman–Crippen MR) is 77.8 cm³/mol. The van der Waals surface area contributed by atoms with Gasteiger partial charge in [0.05, 0.1) is 5.52 Å². The molecule has 2 rings (SSSR count). The monoisotopic (exact) mass is 242 g/mol. The van der Waals surface area contributed by atoms with Crippen molar-refractivity contribution in [3.63, 3.8) is 0 Å². The lowest BCUT2D eigenvalue weighted by Crippen LogP contribution is -2.25. The first kappa shape index (κ1) is 13.0. The van der Waals surface area contributed by atoms with Gasteiger partial charge in [-0.2, -0.15) is 0 Å². The number of pyridine rings is 1. The first-order valence-corrected chi connectivity index (χ1v) is 6.85. The van der Waals surface area contributed by atoms with Crippen LogP contribution in [-0.4, -0.2) is 18.1 Å². The molecule has 1 atom stereocenters. The summed E-state index contributed by atoms with van der Waals surface area (Å²) in [6.07, 6.45) is 6.66. The van der Waals surface area contributed by atoms with Crippen molar-refractivity contribution in [1.29, 1.82) is 0 Å². The average Bonchev–Trinajstić information content (AvgIpc) is 2.43. The Labute approximate surface area is 109 Å². The molecule has 0 fully saturated rings. The summed E-state index contributed by atoms with van der Waals surface area (Å²) in [7, 11) is 2.06. The molecule has 1 aromatic carbocycles. The molecular weight excluding hydrogens is 220 g/mol. The zero-order chi connectivity index (χ0) is 12.8. The number of hydrogen-bond donors (Lipinski definition) is 1. The summed E-state index contributed by atoms with van der Waals surface area (Å²) < 4.78 is 0. The van der Waals surface area contributed by atoms with Gasteiger partial charge in [0.1, 0.15) is 0 Å². The number of benzene rings is 1. The molecule has 96 valence electrons. The topological polar surface area (TPSA) is 24.9 Å². The maximum Gasteiger partial charge on any atom is 0.0704 e. The molecule has 18 heavy (non-hydrogen) atoms. The SMILES string of the molecule is CCCC(CCc1cccc2ncccc12)NC. The fourth-order valence-electron chi connectivity index (χ4n) is 2.50. The third-order valence-corrected chi connectivity index (χ3v) is 3.54. The van der Waals surface area contributed by atoms with Crippen LogP contribution in [-0.2, 0) is 6.42 Å². The van der Waals surface area contributed by atoms with E-state index in [4.69, 9.17) is 0 Å². The lowest BCUT2D eigenvalue weighted by Gasteiger charge is -2.15. The van der Waals surface area contributed by atoms with Gasteiger partial charge in [-0.25, -0.2) is 0 Å². The van der Waals surface area contributed by atoms with E-state index in [2.05, 4.69) is 48.5 Å². The molecule has 0 spiro atoms. The van der Waals surface area contributed by atoms with Gasteiger partial charge in [-0.05, 0) is 44.0 Å². The van der Waals surface area contributed by atoms with Gasteiger partial charge in [0, 0.05) is 17.6 Å². The van der Waals surface area contributed by atoms with E-state index in [1.165, 1.54) is 30.2 Å². The highest BCUT2D eigenvalue weighted by Crippen LogP contribution is 2.19. The van der Waals surface area contributed by atoms with Crippen LogP contribution in [0.5, 0.6) is 0 Å². The quantitative estimate of drug-likeness (QED) is 0.838. The molecule has 1 unspecified atom stereocenters. The van der Waals surface area contributed by atoms with Gasteiger partial charge in [-0.1, -0.05) is 31.5 Å². The van der Waals surface area contributed by atoms with Crippen LogP contribution in [0.25, 0.3) is 10.9 Å². The lowest BCUT2D eigenvalue weighted by molar-refractivity contribution is 0.484. The van der Waals surface area contributed by atoms with Gasteiger partial charge in [-0.15, -0.1) is 0 Å². The van der Waals surface area contributed by atoms with E-state index in [0.717, 1.165) is 11.9 Å². The van der Waals surface area contributed by atoms with Crippen molar-refractivity contribution in [3.8, 4) is 0 Å². The fourth-order valence-corrected chi connectivity index (χ4v) is 2.50. The molecule has 1 N–H and O–H groups in total. The second kappa shape index (κ2) is 6.50. The summed E-state index contributed by atoms with van der Waals surface area (Å²) in [5.74, 6) is 0. The molecule has 0 amide bonds. The standard InChI is InChI=1S/C16H22N2/c1-3-6-14(17-2)11-10-13-7-4-9-16-15(13)8-5-12-18-16/h4-5,7-9,12,14,17H,3,6,10-11H2,1-2H3. The van der Waals surface area contributed by atoms with E-state index < -0.39 is 0 Å². The Morgan fingerprint density at radius 1 is 1.17 bits per heavy atom. The van der Waals surface area contributed by atoms with Crippen molar-refractivity contribution in [1.82, 2.24) is 10.3 Å². The summed E-state index contributed by atoms with van der Waals surface area (Å²) in [4.78, 5) is 4.41. The third kappa shape index (κ3) is 3.08. The first-order valence-electron chi connectivity index (χ1n) is 6.85. The van der Waals surface area contributed by atoms with Crippen molar-refractivity contribution in [3.05, 3.63) is 42.1 Å². The molecule has 0 bridgehead atoms. The average molecular weight is 242 g/mol. The molecule has 2 nitrogen and oxygen atoms in total. The number of nitrogens with one attached hydrogen (secondary N) is 1. The molecule has 2 heteroatoms. The summed E-state index contributed by atoms with van der Waals surface area (Å²) in [6, 6.07) is 11.2. The van der Waals surface area contributed by atoms with Crippen LogP contribution in [0.2, 0.25) is 0 Å². The van der Waals surface area contributed by atoms with E-state index in [1.54, 1.807) is 0 Å². The smallest absolute Gasteiger partial charge is 0.0704 e. The Morgan fingerprint density at radius 2 is 2.06 bits per heavy atom. The molecular formula is C16H22N2. The number of fused-ring (bicyclic) bond motifs is 1. The van der Waals surface area contributed by atoms with Crippen molar-refractivity contribution in [2.24, 2.45) is 0 Å². The Hall–Kier alpha value is -1.41. The molecule has 0 aliphatic carbocycles. The van der Waals surface area contributed by atoms with Crippen molar-refractivity contribution < 1.29 is 0 Å². The highest BCUT2D eigenvalue weighted by Gasteiger charge is 2.07. The maximum absolute atomic E-state index is 4.41. The van der Waals surface area contributed by atoms with Crippen molar-refractivity contribution in [2.45, 2.75) is 38.6 Å². The first-order chi connectivity index (χ1) is 8.85. The highest BCUT2D eigenvalue weighted by atomic mass is 14.9. The molecule has 2 aromatic rings. The third-order valence-electron chi connectivity index (χ3n) is 3.54. The van der Waals surface area contributed by atoms with Crippen molar-refractivity contribution >= 4 is 10.9 Å². The normalized spacial score (nSPS) is 12.8. The number of aryl methyl sites for hydroxylation is 1. The summed E-state index contributed by atoms with van der Waals surface area (Å²) >= 11 is 0. The van der Waals surface area contributed by atoms with Crippen LogP contribution < -0.4 is 5.32 Å². The molecule has 0 aliphatic heterocycles. The Kier molecular flexibility index (Phi) is 4.71. The number of hydrogen-bond acceptors (Lipinski definition) is 2. The van der Waals surface area contributed by atoms with Gasteiger partial charge in [0.25, 0.3) is 0 Å². The van der Waals surface area contributed by atoms with Crippen LogP contribution in [0.1, 0.15) is 31.7 Å².